The van der Waals surface area contributed by atoms with Gasteiger partial charge in [-0.05, 0) is 38.3 Å². The summed E-state index contributed by atoms with van der Waals surface area (Å²) in [5.41, 5.74) is 2.67. The molecule has 0 saturated carbocycles. The molecule has 0 unspecified atom stereocenters. The highest BCUT2D eigenvalue weighted by Crippen LogP contribution is 2.24. The molecule has 1 aromatic rings. The summed E-state index contributed by atoms with van der Waals surface area (Å²) in [6.45, 7) is 8.27. The van der Waals surface area contributed by atoms with Gasteiger partial charge in [0.15, 0.2) is 0 Å². The van der Waals surface area contributed by atoms with Gasteiger partial charge < -0.3 is 4.90 Å². The van der Waals surface area contributed by atoms with Gasteiger partial charge in [-0.2, -0.15) is 5.26 Å². The maximum atomic E-state index is 9.25. The molecular weight excluding hydrogens is 210 g/mol. The van der Waals surface area contributed by atoms with E-state index in [4.69, 9.17) is 0 Å². The molecule has 1 rings (SSSR count). The van der Waals surface area contributed by atoms with Gasteiger partial charge in [0.2, 0.25) is 0 Å². The number of aryl methyl sites for hydroxylation is 2. The highest BCUT2D eigenvalue weighted by atomic mass is 15.2. The number of aromatic nitrogens is 1. The second-order valence-corrected chi connectivity index (χ2v) is 4.47. The zero-order valence-corrected chi connectivity index (χ0v) is 11.4. The van der Waals surface area contributed by atoms with Crippen molar-refractivity contribution in [3.05, 3.63) is 22.9 Å². The minimum absolute atomic E-state index is 0.441. The van der Waals surface area contributed by atoms with Gasteiger partial charge in [0, 0.05) is 18.8 Å². The second-order valence-electron chi connectivity index (χ2n) is 4.47. The Morgan fingerprint density at radius 3 is 2.41 bits per heavy atom. The Balaban J connectivity index is 3.25. The lowest BCUT2D eigenvalue weighted by molar-refractivity contribution is 0.586. The van der Waals surface area contributed by atoms with E-state index in [0.29, 0.717) is 11.6 Å². The van der Waals surface area contributed by atoms with Crippen LogP contribution in [0.1, 0.15) is 43.5 Å². The fourth-order valence-electron chi connectivity index (χ4n) is 2.22. The molecule has 0 aliphatic carbocycles. The highest BCUT2D eigenvalue weighted by Gasteiger charge is 2.17. The Kier molecular flexibility index (Phi) is 4.51. The van der Waals surface area contributed by atoms with Crippen LogP contribution in [0.2, 0.25) is 0 Å². The lowest BCUT2D eigenvalue weighted by atomic mass is 10.1. The third kappa shape index (κ3) is 2.76. The zero-order chi connectivity index (χ0) is 13.0. The maximum Gasteiger partial charge on any atom is 0.147 e. The third-order valence-corrected chi connectivity index (χ3v) is 3.26. The SMILES string of the molecule is CCC(CC)N(C)c1nc(C)cc(C)c1C#N. The number of hydrogen-bond donors (Lipinski definition) is 0. The number of nitrogens with zero attached hydrogens (tertiary/aromatic N) is 3. The second kappa shape index (κ2) is 5.67. The summed E-state index contributed by atoms with van der Waals surface area (Å²) in [7, 11) is 2.03. The smallest absolute Gasteiger partial charge is 0.147 e. The van der Waals surface area contributed by atoms with Gasteiger partial charge in [-0.25, -0.2) is 4.98 Å². The molecule has 1 aromatic heterocycles. The van der Waals surface area contributed by atoms with Crippen molar-refractivity contribution < 1.29 is 0 Å². The molecule has 1 heterocycles. The third-order valence-electron chi connectivity index (χ3n) is 3.26. The first-order valence-corrected chi connectivity index (χ1v) is 6.16. The van der Waals surface area contributed by atoms with Gasteiger partial charge in [-0.3, -0.25) is 0 Å². The molecule has 3 heteroatoms. The lowest BCUT2D eigenvalue weighted by Crippen LogP contribution is -2.32. The van der Waals surface area contributed by atoms with Crippen molar-refractivity contribution in [2.45, 2.75) is 46.6 Å². The lowest BCUT2D eigenvalue weighted by Gasteiger charge is -2.28. The largest absolute Gasteiger partial charge is 0.356 e. The number of nitriles is 1. The first-order chi connectivity index (χ1) is 8.04. The van der Waals surface area contributed by atoms with Crippen LogP contribution in [0, 0.1) is 25.2 Å². The van der Waals surface area contributed by atoms with Crippen molar-refractivity contribution in [3.63, 3.8) is 0 Å². The molecule has 0 aliphatic heterocycles. The van der Waals surface area contributed by atoms with Crippen LogP contribution in [0.3, 0.4) is 0 Å². The summed E-state index contributed by atoms with van der Waals surface area (Å²) in [5.74, 6) is 0.818. The van der Waals surface area contributed by atoms with Gasteiger partial charge >= 0.3 is 0 Å². The predicted octanol–water partition coefficient (Wildman–Crippen LogP) is 3.19. The van der Waals surface area contributed by atoms with Crippen LogP contribution in [-0.4, -0.2) is 18.1 Å². The Bertz CT molecular complexity index is 428. The average molecular weight is 231 g/mol. The standard InChI is InChI=1S/C14H21N3/c1-6-12(7-2)17(5)14-13(9-15)10(3)8-11(4)16-14/h8,12H,6-7H2,1-5H3. The van der Waals surface area contributed by atoms with Crippen LogP contribution >= 0.6 is 0 Å². The first kappa shape index (κ1) is 13.5. The van der Waals surface area contributed by atoms with Gasteiger partial charge in [0.05, 0.1) is 5.56 Å². The van der Waals surface area contributed by atoms with E-state index in [-0.39, 0.29) is 0 Å². The van der Waals surface area contributed by atoms with Crippen molar-refractivity contribution in [1.29, 1.82) is 5.26 Å². The summed E-state index contributed by atoms with van der Waals surface area (Å²) in [4.78, 5) is 6.66. The van der Waals surface area contributed by atoms with Gasteiger partial charge in [0.25, 0.3) is 0 Å². The Hall–Kier alpha value is -1.56. The van der Waals surface area contributed by atoms with Crippen molar-refractivity contribution in [3.8, 4) is 6.07 Å². The molecule has 0 spiro atoms. The number of pyridine rings is 1. The maximum absolute atomic E-state index is 9.25. The molecule has 0 fully saturated rings. The summed E-state index contributed by atoms with van der Waals surface area (Å²) >= 11 is 0. The minimum Gasteiger partial charge on any atom is -0.356 e. The molecule has 17 heavy (non-hydrogen) atoms. The average Bonchev–Trinajstić information content (AvgIpc) is 2.29. The summed E-state index contributed by atoms with van der Waals surface area (Å²) in [6.07, 6.45) is 2.12. The van der Waals surface area contributed by atoms with Crippen LogP contribution in [-0.2, 0) is 0 Å². The zero-order valence-electron chi connectivity index (χ0n) is 11.4. The number of anilines is 1. The monoisotopic (exact) mass is 231 g/mol. The Labute approximate surface area is 104 Å². The van der Waals surface area contributed by atoms with Crippen LogP contribution < -0.4 is 4.90 Å². The molecular formula is C14H21N3. The van der Waals surface area contributed by atoms with E-state index >= 15 is 0 Å². The Morgan fingerprint density at radius 1 is 1.35 bits per heavy atom. The molecule has 0 atom stereocenters. The molecule has 0 aromatic carbocycles. The topological polar surface area (TPSA) is 39.9 Å². The molecule has 0 bridgehead atoms. The molecule has 0 N–H and O–H groups in total. The van der Waals surface area contributed by atoms with Crippen LogP contribution in [0.15, 0.2) is 6.07 Å². The fourth-order valence-corrected chi connectivity index (χ4v) is 2.22. The van der Waals surface area contributed by atoms with E-state index in [9.17, 15) is 5.26 Å². The van der Waals surface area contributed by atoms with E-state index in [1.165, 1.54) is 0 Å². The first-order valence-electron chi connectivity index (χ1n) is 6.16. The van der Waals surface area contributed by atoms with E-state index in [0.717, 1.165) is 29.9 Å². The molecule has 92 valence electrons. The van der Waals surface area contributed by atoms with Crippen LogP contribution in [0.5, 0.6) is 0 Å². The molecule has 0 radical (unpaired) electrons. The Morgan fingerprint density at radius 2 is 1.94 bits per heavy atom. The summed E-state index contributed by atoms with van der Waals surface area (Å²) in [6, 6.07) is 4.67. The molecule has 3 nitrogen and oxygen atoms in total. The highest BCUT2D eigenvalue weighted by molar-refractivity contribution is 5.58. The van der Waals surface area contributed by atoms with Gasteiger partial charge in [-0.1, -0.05) is 13.8 Å². The van der Waals surface area contributed by atoms with Gasteiger partial charge in [0.1, 0.15) is 11.9 Å². The van der Waals surface area contributed by atoms with Crippen LogP contribution in [0.4, 0.5) is 5.82 Å². The molecule has 0 saturated heterocycles. The minimum atomic E-state index is 0.441. The number of rotatable bonds is 4. The van der Waals surface area contributed by atoms with Crippen molar-refractivity contribution in [2.24, 2.45) is 0 Å². The molecule has 0 aliphatic rings. The summed E-state index contributed by atoms with van der Waals surface area (Å²) < 4.78 is 0. The summed E-state index contributed by atoms with van der Waals surface area (Å²) in [5, 5.41) is 9.25. The van der Waals surface area contributed by atoms with Crippen molar-refractivity contribution in [2.75, 3.05) is 11.9 Å². The predicted molar refractivity (Wildman–Crippen MR) is 71.2 cm³/mol. The van der Waals surface area contributed by atoms with Gasteiger partial charge in [-0.15, -0.1) is 0 Å². The van der Waals surface area contributed by atoms with Crippen LogP contribution in [0.25, 0.3) is 0 Å². The van der Waals surface area contributed by atoms with Crippen molar-refractivity contribution in [1.82, 2.24) is 4.98 Å². The fraction of sp³-hybridized carbons (Fsp3) is 0.571. The van der Waals surface area contributed by atoms with Crippen molar-refractivity contribution >= 4 is 5.82 Å². The van der Waals surface area contributed by atoms with E-state index < -0.39 is 0 Å². The van der Waals surface area contributed by atoms with E-state index in [1.807, 2.05) is 27.0 Å². The van der Waals surface area contributed by atoms with E-state index in [2.05, 4.69) is 29.8 Å². The normalized spacial score (nSPS) is 10.4. The quantitative estimate of drug-likeness (QED) is 0.799. The number of hydrogen-bond acceptors (Lipinski definition) is 3. The van der Waals surface area contributed by atoms with E-state index in [1.54, 1.807) is 0 Å². The molecule has 0 amide bonds.